The molecule has 166 valence electrons. The maximum absolute atomic E-state index is 14.0. The number of carbonyl (C=O) groups is 1. The maximum atomic E-state index is 14.0. The van der Waals surface area contributed by atoms with Gasteiger partial charge >= 0.3 is 12.1 Å². The fourth-order valence-corrected chi connectivity index (χ4v) is 4.14. The summed E-state index contributed by atoms with van der Waals surface area (Å²) in [4.78, 5) is 11.0. The van der Waals surface area contributed by atoms with Gasteiger partial charge in [-0.25, -0.2) is 9.18 Å². The fraction of sp³-hybridized carbons (Fsp3) is 0.217. The third kappa shape index (κ3) is 4.34. The molecule has 3 rings (SSSR count). The van der Waals surface area contributed by atoms with Crippen molar-refractivity contribution in [3.8, 4) is 17.2 Å². The molecule has 0 aliphatic rings. The molecule has 0 spiro atoms. The molecule has 2 unspecified atom stereocenters. The lowest BCUT2D eigenvalue weighted by Crippen LogP contribution is -2.28. The van der Waals surface area contributed by atoms with E-state index >= 15 is 0 Å². The topological polar surface area (TPSA) is 66.0 Å². The van der Waals surface area contributed by atoms with Crippen LogP contribution in [0.15, 0.2) is 48.5 Å². The summed E-state index contributed by atoms with van der Waals surface area (Å²) in [6, 6.07) is 12.4. The molecule has 1 aromatic heterocycles. The van der Waals surface area contributed by atoms with E-state index in [0.717, 1.165) is 12.1 Å². The minimum atomic E-state index is -4.60. The molecular formula is C23H17ClF4N2O2. The minimum Gasteiger partial charge on any atom is -0.478 e. The highest BCUT2D eigenvalue weighted by molar-refractivity contribution is 6.31. The molecule has 0 saturated heterocycles. The summed E-state index contributed by atoms with van der Waals surface area (Å²) < 4.78 is 57.3. The Labute approximate surface area is 186 Å². The highest BCUT2D eigenvalue weighted by Gasteiger charge is 2.46. The Hall–Kier alpha value is -3.31. The van der Waals surface area contributed by atoms with Crippen molar-refractivity contribution in [2.24, 2.45) is 7.05 Å². The summed E-state index contributed by atoms with van der Waals surface area (Å²) in [7, 11) is 1.40. The van der Waals surface area contributed by atoms with Gasteiger partial charge in [-0.2, -0.15) is 18.4 Å². The number of alkyl halides is 3. The molecule has 2 aromatic carbocycles. The number of nitriles is 1. The Morgan fingerprint density at radius 1 is 1.12 bits per heavy atom. The Morgan fingerprint density at radius 3 is 2.25 bits per heavy atom. The SMILES string of the molecule is CC(c1ccc(-c2ccc(C(=O)O)c(F)c2)cc1Cl)C(c1ccc(C#N)n1C)C(F)(F)F. The minimum absolute atomic E-state index is 0.0571. The number of carboxylic acids is 1. The van der Waals surface area contributed by atoms with Gasteiger partial charge in [0.1, 0.15) is 23.5 Å². The van der Waals surface area contributed by atoms with Gasteiger partial charge in [-0.05, 0) is 52.9 Å². The highest BCUT2D eigenvalue weighted by atomic mass is 35.5. The van der Waals surface area contributed by atoms with Gasteiger partial charge in [0, 0.05) is 17.8 Å². The van der Waals surface area contributed by atoms with Crippen molar-refractivity contribution in [2.75, 3.05) is 0 Å². The van der Waals surface area contributed by atoms with Crippen LogP contribution in [0.4, 0.5) is 17.6 Å². The Balaban J connectivity index is 2.02. The molecule has 0 radical (unpaired) electrons. The van der Waals surface area contributed by atoms with Crippen LogP contribution in [0.2, 0.25) is 5.02 Å². The van der Waals surface area contributed by atoms with Crippen LogP contribution in [0, 0.1) is 17.1 Å². The summed E-state index contributed by atoms with van der Waals surface area (Å²) in [5.74, 6) is -5.33. The molecule has 2 atom stereocenters. The van der Waals surface area contributed by atoms with E-state index in [1.165, 1.54) is 54.9 Å². The number of rotatable bonds is 5. The largest absolute Gasteiger partial charge is 0.478 e. The van der Waals surface area contributed by atoms with E-state index in [9.17, 15) is 22.4 Å². The van der Waals surface area contributed by atoms with Crippen LogP contribution in [0.3, 0.4) is 0 Å². The van der Waals surface area contributed by atoms with E-state index in [2.05, 4.69) is 0 Å². The fourth-order valence-electron chi connectivity index (χ4n) is 3.78. The van der Waals surface area contributed by atoms with Gasteiger partial charge in [-0.1, -0.05) is 36.7 Å². The van der Waals surface area contributed by atoms with Crippen LogP contribution in [0.25, 0.3) is 11.1 Å². The maximum Gasteiger partial charge on any atom is 0.397 e. The number of aromatic carboxylic acids is 1. The summed E-state index contributed by atoms with van der Waals surface area (Å²) in [6.45, 7) is 1.40. The lowest BCUT2D eigenvalue weighted by molar-refractivity contribution is -0.156. The van der Waals surface area contributed by atoms with Gasteiger partial charge in [0.2, 0.25) is 0 Å². The van der Waals surface area contributed by atoms with Gasteiger partial charge in [0.05, 0.1) is 5.56 Å². The summed E-state index contributed by atoms with van der Waals surface area (Å²) in [5, 5.41) is 18.1. The zero-order valence-corrected chi connectivity index (χ0v) is 17.7. The number of aromatic nitrogens is 1. The van der Waals surface area contributed by atoms with Crippen molar-refractivity contribution in [3.63, 3.8) is 0 Å². The molecule has 0 saturated carbocycles. The van der Waals surface area contributed by atoms with E-state index in [-0.39, 0.29) is 22.0 Å². The zero-order valence-electron chi connectivity index (χ0n) is 16.9. The smallest absolute Gasteiger partial charge is 0.397 e. The number of halogens is 5. The van der Waals surface area contributed by atoms with Gasteiger partial charge in [0.15, 0.2) is 0 Å². The molecule has 4 nitrogen and oxygen atoms in total. The van der Waals surface area contributed by atoms with Crippen molar-refractivity contribution in [1.82, 2.24) is 4.57 Å². The van der Waals surface area contributed by atoms with E-state index in [1.54, 1.807) is 0 Å². The van der Waals surface area contributed by atoms with Crippen LogP contribution >= 0.6 is 11.6 Å². The first-order chi connectivity index (χ1) is 15.0. The van der Waals surface area contributed by atoms with Crippen LogP contribution in [-0.4, -0.2) is 21.8 Å². The monoisotopic (exact) mass is 464 g/mol. The van der Waals surface area contributed by atoms with E-state index in [4.69, 9.17) is 22.0 Å². The van der Waals surface area contributed by atoms with Crippen molar-refractivity contribution in [2.45, 2.75) is 24.9 Å². The number of carboxylic acid groups (broad SMARTS) is 1. The Kier molecular flexibility index (Phi) is 6.33. The quantitative estimate of drug-likeness (QED) is 0.438. The third-order valence-electron chi connectivity index (χ3n) is 5.47. The first kappa shape index (κ1) is 23.4. The highest BCUT2D eigenvalue weighted by Crippen LogP contribution is 2.47. The van der Waals surface area contributed by atoms with Crippen LogP contribution in [-0.2, 0) is 7.05 Å². The summed E-state index contributed by atoms with van der Waals surface area (Å²) in [6.07, 6.45) is -4.60. The van der Waals surface area contributed by atoms with Crippen LogP contribution in [0.5, 0.6) is 0 Å². The second-order valence-corrected chi connectivity index (χ2v) is 7.77. The molecule has 0 fully saturated rings. The molecule has 3 aromatic rings. The summed E-state index contributed by atoms with van der Waals surface area (Å²) in [5.41, 5.74) is 0.554. The van der Waals surface area contributed by atoms with E-state index < -0.39 is 35.4 Å². The Morgan fingerprint density at radius 2 is 1.75 bits per heavy atom. The Bertz CT molecular complexity index is 1230. The second-order valence-electron chi connectivity index (χ2n) is 7.36. The molecular weight excluding hydrogens is 448 g/mol. The molecule has 0 aliphatic heterocycles. The number of hydrogen-bond acceptors (Lipinski definition) is 2. The molecule has 0 aliphatic carbocycles. The predicted molar refractivity (Wildman–Crippen MR) is 111 cm³/mol. The van der Waals surface area contributed by atoms with Crippen LogP contribution in [0.1, 0.15) is 46.1 Å². The van der Waals surface area contributed by atoms with Crippen molar-refractivity contribution >= 4 is 17.6 Å². The normalized spacial score (nSPS) is 13.4. The summed E-state index contributed by atoms with van der Waals surface area (Å²) >= 11 is 6.34. The van der Waals surface area contributed by atoms with Crippen molar-refractivity contribution in [3.05, 3.63) is 81.9 Å². The molecule has 0 bridgehead atoms. The third-order valence-corrected chi connectivity index (χ3v) is 5.80. The first-order valence-electron chi connectivity index (χ1n) is 9.40. The number of nitrogens with zero attached hydrogens (tertiary/aromatic N) is 2. The van der Waals surface area contributed by atoms with Gasteiger partial charge in [-0.15, -0.1) is 0 Å². The van der Waals surface area contributed by atoms with Gasteiger partial charge < -0.3 is 9.67 Å². The number of benzene rings is 2. The van der Waals surface area contributed by atoms with Gasteiger partial charge in [0.25, 0.3) is 0 Å². The molecule has 0 amide bonds. The second kappa shape index (κ2) is 8.67. The van der Waals surface area contributed by atoms with Gasteiger partial charge in [-0.3, -0.25) is 0 Å². The average Bonchev–Trinajstić information content (AvgIpc) is 3.06. The predicted octanol–water partition coefficient (Wildman–Crippen LogP) is 6.50. The first-order valence-corrected chi connectivity index (χ1v) is 9.78. The lowest BCUT2D eigenvalue weighted by Gasteiger charge is -2.28. The van der Waals surface area contributed by atoms with E-state index in [1.807, 2.05) is 6.07 Å². The molecule has 1 N–H and O–H groups in total. The lowest BCUT2D eigenvalue weighted by atomic mass is 9.84. The molecule has 1 heterocycles. The van der Waals surface area contributed by atoms with Crippen molar-refractivity contribution < 1.29 is 27.5 Å². The van der Waals surface area contributed by atoms with E-state index in [0.29, 0.717) is 11.1 Å². The molecule has 9 heteroatoms. The number of hydrogen-bond donors (Lipinski definition) is 1. The van der Waals surface area contributed by atoms with Crippen LogP contribution < -0.4 is 0 Å². The standard InChI is InChI=1S/C23H17ClF4N2O2/c1-12(21(23(26,27)28)20-8-5-15(11-29)30(20)2)16-6-3-13(9-18(16)24)14-4-7-17(22(31)32)19(25)10-14/h3-10,12,21H,1-2H3,(H,31,32). The zero-order chi connectivity index (χ0) is 23.8. The van der Waals surface area contributed by atoms with Crippen molar-refractivity contribution in [1.29, 1.82) is 5.26 Å². The average molecular weight is 465 g/mol. The molecule has 32 heavy (non-hydrogen) atoms.